The number of nitrogens with one attached hydrogen (secondary N) is 1. The first-order chi connectivity index (χ1) is 4.43. The molecule has 2 nitrogen and oxygen atoms in total. The van der Waals surface area contributed by atoms with Crippen LogP contribution in [0.1, 0.15) is 6.42 Å². The molecule has 0 spiro atoms. The molecule has 0 aliphatic carbocycles. The highest BCUT2D eigenvalue weighted by molar-refractivity contribution is 4.83. The SMILES string of the molecule is [C]#CCC1CNCCO1. The van der Waals surface area contributed by atoms with E-state index < -0.39 is 0 Å². The van der Waals surface area contributed by atoms with Gasteiger partial charge in [-0.1, -0.05) is 5.92 Å². The maximum Gasteiger partial charge on any atom is 0.0809 e. The minimum atomic E-state index is 0.191. The van der Waals surface area contributed by atoms with Crippen LogP contribution in [0.4, 0.5) is 0 Å². The number of rotatable bonds is 1. The summed E-state index contributed by atoms with van der Waals surface area (Å²) < 4.78 is 5.27. The Morgan fingerprint density at radius 3 is 3.22 bits per heavy atom. The third kappa shape index (κ3) is 2.05. The number of hydrogen-bond donors (Lipinski definition) is 1. The fourth-order valence-electron chi connectivity index (χ4n) is 0.865. The fraction of sp³-hybridized carbons (Fsp3) is 0.714. The second-order valence-corrected chi connectivity index (χ2v) is 2.08. The molecule has 9 heavy (non-hydrogen) atoms. The first kappa shape index (κ1) is 6.60. The number of hydrogen-bond acceptors (Lipinski definition) is 2. The lowest BCUT2D eigenvalue weighted by molar-refractivity contribution is 0.0322. The minimum Gasteiger partial charge on any atom is -0.375 e. The van der Waals surface area contributed by atoms with Crippen LogP contribution in [0.25, 0.3) is 0 Å². The predicted octanol–water partition coefficient (Wildman–Crippen LogP) is -0.0453. The average molecular weight is 124 g/mol. The van der Waals surface area contributed by atoms with Gasteiger partial charge >= 0.3 is 0 Å². The van der Waals surface area contributed by atoms with Crippen LogP contribution in [-0.4, -0.2) is 25.8 Å². The van der Waals surface area contributed by atoms with Crippen molar-refractivity contribution in [1.29, 1.82) is 0 Å². The summed E-state index contributed by atoms with van der Waals surface area (Å²) in [6.07, 6.45) is 7.49. The Kier molecular flexibility index (Phi) is 2.56. The van der Waals surface area contributed by atoms with Gasteiger partial charge in [0.05, 0.1) is 12.7 Å². The van der Waals surface area contributed by atoms with Gasteiger partial charge in [0.15, 0.2) is 0 Å². The van der Waals surface area contributed by atoms with Crippen molar-refractivity contribution in [2.75, 3.05) is 19.7 Å². The Labute approximate surface area is 55.6 Å². The molecule has 1 atom stereocenters. The maximum atomic E-state index is 6.68. The van der Waals surface area contributed by atoms with E-state index in [1.807, 2.05) is 0 Å². The van der Waals surface area contributed by atoms with Crippen molar-refractivity contribution < 1.29 is 4.74 Å². The Morgan fingerprint density at radius 1 is 1.78 bits per heavy atom. The highest BCUT2D eigenvalue weighted by atomic mass is 16.5. The van der Waals surface area contributed by atoms with E-state index in [0.29, 0.717) is 6.42 Å². The summed E-state index contributed by atoms with van der Waals surface area (Å²) >= 11 is 0. The van der Waals surface area contributed by atoms with E-state index in [0.717, 1.165) is 19.7 Å². The molecule has 0 aromatic heterocycles. The Balaban J connectivity index is 2.17. The molecule has 1 aliphatic heterocycles. The van der Waals surface area contributed by atoms with E-state index in [1.54, 1.807) is 0 Å². The molecular formula is C7H10NO. The fourth-order valence-corrected chi connectivity index (χ4v) is 0.865. The summed E-state index contributed by atoms with van der Waals surface area (Å²) in [5.41, 5.74) is 0. The zero-order valence-electron chi connectivity index (χ0n) is 5.31. The van der Waals surface area contributed by atoms with Crippen molar-refractivity contribution in [3.63, 3.8) is 0 Å². The summed E-state index contributed by atoms with van der Waals surface area (Å²) in [5, 5.41) is 3.17. The van der Waals surface area contributed by atoms with Crippen LogP contribution in [0.15, 0.2) is 0 Å². The van der Waals surface area contributed by atoms with Gasteiger partial charge < -0.3 is 10.1 Å². The standard InChI is InChI=1S/C7H10NO/c1-2-3-7-6-8-4-5-9-7/h7-8H,3-6H2. The van der Waals surface area contributed by atoms with E-state index >= 15 is 0 Å². The smallest absolute Gasteiger partial charge is 0.0809 e. The molecule has 1 N–H and O–H groups in total. The summed E-state index contributed by atoms with van der Waals surface area (Å²) in [6.45, 7) is 2.58. The van der Waals surface area contributed by atoms with Gasteiger partial charge in [-0.2, -0.15) is 0 Å². The Bertz CT molecular complexity index is 111. The second-order valence-electron chi connectivity index (χ2n) is 2.08. The lowest BCUT2D eigenvalue weighted by Gasteiger charge is -2.21. The van der Waals surface area contributed by atoms with E-state index in [-0.39, 0.29) is 6.10 Å². The molecule has 0 bridgehead atoms. The zero-order valence-corrected chi connectivity index (χ0v) is 5.31. The lowest BCUT2D eigenvalue weighted by atomic mass is 10.2. The first-order valence-corrected chi connectivity index (χ1v) is 3.15. The van der Waals surface area contributed by atoms with Gasteiger partial charge in [-0.15, -0.1) is 0 Å². The summed E-state index contributed by atoms with van der Waals surface area (Å²) in [5.74, 6) is 2.32. The van der Waals surface area contributed by atoms with Crippen LogP contribution in [0.3, 0.4) is 0 Å². The van der Waals surface area contributed by atoms with Crippen LogP contribution < -0.4 is 5.32 Å². The molecule has 0 aromatic rings. The Hall–Kier alpha value is -0.520. The molecule has 1 saturated heterocycles. The van der Waals surface area contributed by atoms with Crippen molar-refractivity contribution in [1.82, 2.24) is 5.32 Å². The molecule has 1 fully saturated rings. The lowest BCUT2D eigenvalue weighted by Crippen LogP contribution is -2.38. The summed E-state index contributed by atoms with van der Waals surface area (Å²) in [6, 6.07) is 0. The molecule has 0 aromatic carbocycles. The maximum absolute atomic E-state index is 6.68. The van der Waals surface area contributed by atoms with Gasteiger partial charge in [-0.05, 0) is 6.42 Å². The molecule has 0 amide bonds. The second kappa shape index (κ2) is 3.49. The van der Waals surface area contributed by atoms with Gasteiger partial charge in [-0.3, -0.25) is 0 Å². The highest BCUT2D eigenvalue weighted by Crippen LogP contribution is 1.98. The van der Waals surface area contributed by atoms with Crippen LogP contribution in [0.5, 0.6) is 0 Å². The van der Waals surface area contributed by atoms with E-state index in [4.69, 9.17) is 11.2 Å². The molecule has 49 valence electrons. The van der Waals surface area contributed by atoms with E-state index in [9.17, 15) is 0 Å². The quantitative estimate of drug-likeness (QED) is 0.495. The zero-order chi connectivity index (χ0) is 6.53. The number of morpholine rings is 1. The topological polar surface area (TPSA) is 21.3 Å². The van der Waals surface area contributed by atoms with Crippen molar-refractivity contribution >= 4 is 0 Å². The largest absolute Gasteiger partial charge is 0.375 e. The summed E-state index contributed by atoms with van der Waals surface area (Å²) in [4.78, 5) is 0. The van der Waals surface area contributed by atoms with Crippen molar-refractivity contribution in [2.24, 2.45) is 0 Å². The van der Waals surface area contributed by atoms with Gasteiger partial charge in [0.25, 0.3) is 0 Å². The van der Waals surface area contributed by atoms with Gasteiger partial charge in [0.1, 0.15) is 0 Å². The van der Waals surface area contributed by atoms with Crippen molar-refractivity contribution in [3.05, 3.63) is 6.42 Å². The van der Waals surface area contributed by atoms with E-state index in [2.05, 4.69) is 11.2 Å². The average Bonchev–Trinajstić information content (AvgIpc) is 1.91. The normalized spacial score (nSPS) is 27.2. The minimum absolute atomic E-state index is 0.191. The van der Waals surface area contributed by atoms with Crippen molar-refractivity contribution in [3.8, 4) is 5.92 Å². The third-order valence-corrected chi connectivity index (χ3v) is 1.33. The molecule has 2 heteroatoms. The highest BCUT2D eigenvalue weighted by Gasteiger charge is 2.10. The molecule has 1 radical (unpaired) electrons. The number of ether oxygens (including phenoxy) is 1. The predicted molar refractivity (Wildman–Crippen MR) is 34.4 cm³/mol. The molecule has 1 unspecified atom stereocenters. The van der Waals surface area contributed by atoms with E-state index in [1.165, 1.54) is 0 Å². The molecule has 1 aliphatic rings. The Morgan fingerprint density at radius 2 is 2.67 bits per heavy atom. The van der Waals surface area contributed by atoms with Crippen LogP contribution in [0, 0.1) is 12.3 Å². The van der Waals surface area contributed by atoms with Crippen LogP contribution in [0.2, 0.25) is 0 Å². The first-order valence-electron chi connectivity index (χ1n) is 3.15. The summed E-state index contributed by atoms with van der Waals surface area (Å²) in [7, 11) is 0. The van der Waals surface area contributed by atoms with Crippen molar-refractivity contribution in [2.45, 2.75) is 12.5 Å². The molecular weight excluding hydrogens is 114 g/mol. The van der Waals surface area contributed by atoms with Gasteiger partial charge in [0.2, 0.25) is 0 Å². The van der Waals surface area contributed by atoms with Crippen LogP contribution >= 0.6 is 0 Å². The molecule has 1 rings (SSSR count). The monoisotopic (exact) mass is 124 g/mol. The van der Waals surface area contributed by atoms with Gasteiger partial charge in [-0.25, -0.2) is 0 Å². The molecule has 0 saturated carbocycles. The molecule has 1 heterocycles. The third-order valence-electron chi connectivity index (χ3n) is 1.33. The van der Waals surface area contributed by atoms with Crippen LogP contribution in [-0.2, 0) is 4.74 Å². The van der Waals surface area contributed by atoms with Gasteiger partial charge in [0, 0.05) is 19.5 Å².